The Morgan fingerprint density at radius 3 is 3.03 bits per heavy atom. The van der Waals surface area contributed by atoms with E-state index < -0.39 is 0 Å². The molecule has 1 atom stereocenters. The van der Waals surface area contributed by atoms with Crippen molar-refractivity contribution in [3.05, 3.63) is 52.0 Å². The van der Waals surface area contributed by atoms with Crippen molar-refractivity contribution in [3.8, 4) is 17.2 Å². The molecule has 0 unspecified atom stereocenters. The first kappa shape index (κ1) is 19.6. The molecule has 29 heavy (non-hydrogen) atoms. The minimum Gasteiger partial charge on any atom is -0.493 e. The topological polar surface area (TPSA) is 68.5 Å². The van der Waals surface area contributed by atoms with E-state index in [1.165, 1.54) is 5.56 Å². The maximum atomic E-state index is 12.8. The van der Waals surface area contributed by atoms with Crippen molar-refractivity contribution in [2.45, 2.75) is 45.6 Å². The van der Waals surface area contributed by atoms with Crippen molar-refractivity contribution >= 4 is 17.2 Å². The third-order valence-corrected chi connectivity index (χ3v) is 6.10. The predicted molar refractivity (Wildman–Crippen MR) is 112 cm³/mol. The highest BCUT2D eigenvalue weighted by molar-refractivity contribution is 7.08. The molecule has 0 radical (unpaired) electrons. The molecule has 0 bridgehead atoms. The van der Waals surface area contributed by atoms with E-state index in [0.29, 0.717) is 31.2 Å². The molecule has 1 aromatic carbocycles. The summed E-state index contributed by atoms with van der Waals surface area (Å²) in [6.45, 7) is 5.38. The lowest BCUT2D eigenvalue weighted by Crippen LogP contribution is -2.30. The van der Waals surface area contributed by atoms with Crippen LogP contribution in [0.2, 0.25) is 0 Å². The van der Waals surface area contributed by atoms with Crippen LogP contribution in [0.15, 0.2) is 39.4 Å². The van der Waals surface area contributed by atoms with E-state index in [4.69, 9.17) is 9.15 Å². The molecular weight excluding hydrogens is 386 g/mol. The van der Waals surface area contributed by atoms with E-state index in [9.17, 15) is 4.79 Å². The first-order valence-corrected chi connectivity index (χ1v) is 10.9. The molecule has 0 spiro atoms. The van der Waals surface area contributed by atoms with E-state index >= 15 is 0 Å². The fraction of sp³-hybridized carbons (Fsp3) is 0.409. The Morgan fingerprint density at radius 2 is 2.21 bits per heavy atom. The van der Waals surface area contributed by atoms with Gasteiger partial charge in [0, 0.05) is 23.9 Å². The monoisotopic (exact) mass is 411 g/mol. The molecule has 1 amide bonds. The molecule has 3 heterocycles. The van der Waals surface area contributed by atoms with Gasteiger partial charge in [0.2, 0.25) is 17.7 Å². The van der Waals surface area contributed by atoms with E-state index in [1.54, 1.807) is 11.3 Å². The first-order valence-electron chi connectivity index (χ1n) is 9.98. The molecule has 2 aromatic heterocycles. The minimum atomic E-state index is -0.123. The van der Waals surface area contributed by atoms with Gasteiger partial charge in [0.1, 0.15) is 11.8 Å². The van der Waals surface area contributed by atoms with Gasteiger partial charge in [0.05, 0.1) is 6.61 Å². The molecule has 0 aliphatic carbocycles. The number of ether oxygens (including phenoxy) is 1. The highest BCUT2D eigenvalue weighted by Gasteiger charge is 2.33. The Balaban J connectivity index is 1.32. The normalized spacial score (nSPS) is 16.3. The summed E-state index contributed by atoms with van der Waals surface area (Å²) in [7, 11) is 0. The van der Waals surface area contributed by atoms with E-state index in [-0.39, 0.29) is 11.9 Å². The zero-order chi connectivity index (χ0) is 20.2. The summed E-state index contributed by atoms with van der Waals surface area (Å²) in [4.78, 5) is 14.7. The lowest BCUT2D eigenvalue weighted by Gasteiger charge is -2.22. The van der Waals surface area contributed by atoms with Crippen molar-refractivity contribution in [2.75, 3.05) is 13.2 Å². The second-order valence-corrected chi connectivity index (χ2v) is 8.13. The van der Waals surface area contributed by atoms with Crippen molar-refractivity contribution in [3.63, 3.8) is 0 Å². The van der Waals surface area contributed by atoms with Gasteiger partial charge in [0.15, 0.2) is 0 Å². The zero-order valence-electron chi connectivity index (χ0n) is 16.8. The molecule has 7 heteroatoms. The average molecular weight is 412 g/mol. The van der Waals surface area contributed by atoms with Gasteiger partial charge in [-0.15, -0.1) is 10.2 Å². The molecular formula is C22H25N3O3S. The van der Waals surface area contributed by atoms with Crippen LogP contribution in [0, 0.1) is 13.8 Å². The second-order valence-electron chi connectivity index (χ2n) is 7.35. The predicted octanol–water partition coefficient (Wildman–Crippen LogP) is 4.94. The Morgan fingerprint density at radius 1 is 1.31 bits per heavy atom. The van der Waals surface area contributed by atoms with Crippen molar-refractivity contribution in [1.82, 2.24) is 15.1 Å². The van der Waals surface area contributed by atoms with Crippen molar-refractivity contribution < 1.29 is 13.9 Å². The van der Waals surface area contributed by atoms with Crippen LogP contribution in [0.1, 0.15) is 48.7 Å². The van der Waals surface area contributed by atoms with Crippen molar-refractivity contribution in [1.29, 1.82) is 0 Å². The van der Waals surface area contributed by atoms with Gasteiger partial charge in [-0.2, -0.15) is 11.3 Å². The number of carbonyl (C=O) groups is 1. The number of aryl methyl sites for hydroxylation is 1. The van der Waals surface area contributed by atoms with Gasteiger partial charge in [-0.25, -0.2) is 0 Å². The van der Waals surface area contributed by atoms with Gasteiger partial charge in [-0.1, -0.05) is 12.1 Å². The van der Waals surface area contributed by atoms with Gasteiger partial charge < -0.3 is 14.1 Å². The largest absolute Gasteiger partial charge is 0.493 e. The first-order chi connectivity index (χ1) is 14.1. The van der Waals surface area contributed by atoms with Crippen LogP contribution in [-0.4, -0.2) is 34.2 Å². The van der Waals surface area contributed by atoms with Crippen LogP contribution in [-0.2, 0) is 4.79 Å². The quantitative estimate of drug-likeness (QED) is 0.515. The SMILES string of the molecule is Cc1cccc(OCCCC(=O)N2CCC[C@H]2c2nnc(-c3ccsc3)o2)c1C. The highest BCUT2D eigenvalue weighted by atomic mass is 32.1. The fourth-order valence-electron chi connectivity index (χ4n) is 3.62. The summed E-state index contributed by atoms with van der Waals surface area (Å²) in [5.41, 5.74) is 3.28. The molecule has 1 aliphatic rings. The van der Waals surface area contributed by atoms with E-state index in [0.717, 1.165) is 36.3 Å². The fourth-order valence-corrected chi connectivity index (χ4v) is 4.25. The second kappa shape index (κ2) is 8.78. The third-order valence-electron chi connectivity index (χ3n) is 5.41. The smallest absolute Gasteiger partial charge is 0.248 e. The number of hydrogen-bond donors (Lipinski definition) is 0. The van der Waals surface area contributed by atoms with Crippen LogP contribution in [0.5, 0.6) is 5.75 Å². The number of carbonyl (C=O) groups excluding carboxylic acids is 1. The van der Waals surface area contributed by atoms with Crippen LogP contribution < -0.4 is 4.74 Å². The number of amides is 1. The van der Waals surface area contributed by atoms with Gasteiger partial charge in [-0.05, 0) is 61.7 Å². The Hall–Kier alpha value is -2.67. The van der Waals surface area contributed by atoms with Gasteiger partial charge in [-0.3, -0.25) is 4.79 Å². The standard InChI is InChI=1S/C22H25N3O3S/c1-15-6-3-8-19(16(15)2)27-12-5-9-20(26)25-11-4-7-18(25)22-24-23-21(28-22)17-10-13-29-14-17/h3,6,8,10,13-14,18H,4-5,7,9,11-12H2,1-2H3/t18-/m0/s1. The number of nitrogens with zero attached hydrogens (tertiary/aromatic N) is 3. The summed E-state index contributed by atoms with van der Waals surface area (Å²) in [6.07, 6.45) is 2.94. The van der Waals surface area contributed by atoms with Gasteiger partial charge in [0.25, 0.3) is 0 Å². The van der Waals surface area contributed by atoms with Crippen LogP contribution in [0.25, 0.3) is 11.5 Å². The maximum Gasteiger partial charge on any atom is 0.248 e. The van der Waals surface area contributed by atoms with Gasteiger partial charge >= 0.3 is 0 Å². The molecule has 152 valence electrons. The number of hydrogen-bond acceptors (Lipinski definition) is 6. The number of likely N-dealkylation sites (tertiary alicyclic amines) is 1. The number of rotatable bonds is 7. The zero-order valence-corrected chi connectivity index (χ0v) is 17.6. The lowest BCUT2D eigenvalue weighted by atomic mass is 10.1. The van der Waals surface area contributed by atoms with Crippen LogP contribution >= 0.6 is 11.3 Å². The number of benzene rings is 1. The van der Waals surface area contributed by atoms with Crippen LogP contribution in [0.4, 0.5) is 0 Å². The molecule has 6 nitrogen and oxygen atoms in total. The molecule has 1 aliphatic heterocycles. The summed E-state index contributed by atoms with van der Waals surface area (Å²) >= 11 is 1.59. The van der Waals surface area contributed by atoms with Crippen molar-refractivity contribution in [2.24, 2.45) is 0 Å². The summed E-state index contributed by atoms with van der Waals surface area (Å²) < 4.78 is 11.7. The summed E-state index contributed by atoms with van der Waals surface area (Å²) in [6, 6.07) is 7.87. The molecule has 4 rings (SSSR count). The molecule has 1 saturated heterocycles. The average Bonchev–Trinajstić information content (AvgIpc) is 3.48. The Bertz CT molecular complexity index is 968. The Labute approximate surface area is 174 Å². The summed E-state index contributed by atoms with van der Waals surface area (Å²) in [5.74, 6) is 2.06. The minimum absolute atomic E-state index is 0.118. The molecule has 3 aromatic rings. The van der Waals surface area contributed by atoms with E-state index in [2.05, 4.69) is 30.1 Å². The molecule has 0 N–H and O–H groups in total. The number of thiophene rings is 1. The molecule has 0 saturated carbocycles. The Kier molecular flexibility index (Phi) is 5.94. The third kappa shape index (κ3) is 4.34. The number of aromatic nitrogens is 2. The molecule has 1 fully saturated rings. The maximum absolute atomic E-state index is 12.8. The lowest BCUT2D eigenvalue weighted by molar-refractivity contribution is -0.132. The highest BCUT2D eigenvalue weighted by Crippen LogP contribution is 2.33. The van der Waals surface area contributed by atoms with Crippen LogP contribution in [0.3, 0.4) is 0 Å². The summed E-state index contributed by atoms with van der Waals surface area (Å²) in [5, 5.41) is 12.3. The van der Waals surface area contributed by atoms with E-state index in [1.807, 2.05) is 33.9 Å².